The lowest BCUT2D eigenvalue weighted by atomic mass is 9.88. The molecule has 0 saturated heterocycles. The summed E-state index contributed by atoms with van der Waals surface area (Å²) in [6.45, 7) is 3.91. The summed E-state index contributed by atoms with van der Waals surface area (Å²) in [5.74, 6) is -0.217. The zero-order valence-corrected chi connectivity index (χ0v) is 16.0. The van der Waals surface area contributed by atoms with Gasteiger partial charge in [-0.25, -0.2) is 0 Å². The fourth-order valence-corrected chi connectivity index (χ4v) is 2.71. The predicted molar refractivity (Wildman–Crippen MR) is 98.9 cm³/mol. The molecule has 4 nitrogen and oxygen atoms in total. The van der Waals surface area contributed by atoms with Gasteiger partial charge in [0.1, 0.15) is 6.61 Å². The maximum atomic E-state index is 11.7. The van der Waals surface area contributed by atoms with E-state index in [1.165, 1.54) is 57.8 Å². The molecule has 0 radical (unpaired) electrons. The number of unbranched alkanes of at least 4 members (excludes halogenated alkanes) is 10. The van der Waals surface area contributed by atoms with Crippen LogP contribution in [0.4, 0.5) is 0 Å². The molecule has 0 rings (SSSR count). The van der Waals surface area contributed by atoms with E-state index in [2.05, 4.69) is 6.92 Å². The van der Waals surface area contributed by atoms with Crippen molar-refractivity contribution >= 4 is 5.97 Å². The van der Waals surface area contributed by atoms with Gasteiger partial charge in [-0.1, -0.05) is 78.1 Å². The topological polar surface area (TPSA) is 66.8 Å². The Morgan fingerprint density at radius 1 is 0.792 bits per heavy atom. The third-order valence-corrected chi connectivity index (χ3v) is 4.94. The Bertz CT molecular complexity index is 279. The van der Waals surface area contributed by atoms with Crippen LogP contribution in [0.5, 0.6) is 0 Å². The van der Waals surface area contributed by atoms with Crippen LogP contribution in [-0.4, -0.2) is 36.0 Å². The molecule has 0 bridgehead atoms. The number of carbonyl (C=O) groups is 1. The summed E-state index contributed by atoms with van der Waals surface area (Å²) in [5.41, 5.74) is -0.688. The smallest absolute Gasteiger partial charge is 0.305 e. The molecule has 4 heteroatoms. The lowest BCUT2D eigenvalue weighted by Gasteiger charge is -2.27. The van der Waals surface area contributed by atoms with Crippen molar-refractivity contribution in [3.05, 3.63) is 0 Å². The first-order valence-electron chi connectivity index (χ1n) is 10.0. The molecule has 0 saturated carbocycles. The molecule has 0 aromatic rings. The average molecular weight is 345 g/mol. The summed E-state index contributed by atoms with van der Waals surface area (Å²) >= 11 is 0. The molecular weight excluding hydrogens is 304 g/mol. The first kappa shape index (κ1) is 23.4. The Morgan fingerprint density at radius 2 is 1.25 bits per heavy atom. The Morgan fingerprint density at radius 3 is 1.67 bits per heavy atom. The molecular formula is C20H40O4. The average Bonchev–Trinajstić information content (AvgIpc) is 2.61. The summed E-state index contributed by atoms with van der Waals surface area (Å²) in [4.78, 5) is 11.7. The second-order valence-corrected chi connectivity index (χ2v) is 7.12. The number of hydrogen-bond donors (Lipinski definition) is 2. The van der Waals surface area contributed by atoms with Gasteiger partial charge in [-0.15, -0.1) is 0 Å². The van der Waals surface area contributed by atoms with Crippen molar-refractivity contribution < 1.29 is 19.7 Å². The van der Waals surface area contributed by atoms with Crippen molar-refractivity contribution in [3.8, 4) is 0 Å². The number of esters is 1. The first-order valence-corrected chi connectivity index (χ1v) is 10.0. The molecule has 0 aromatic carbocycles. The molecule has 0 unspecified atom stereocenters. The van der Waals surface area contributed by atoms with E-state index >= 15 is 0 Å². The highest BCUT2D eigenvalue weighted by molar-refractivity contribution is 5.69. The normalized spacial score (nSPS) is 11.7. The molecule has 0 spiro atoms. The zero-order valence-electron chi connectivity index (χ0n) is 16.0. The van der Waals surface area contributed by atoms with Gasteiger partial charge in [-0.05, 0) is 12.8 Å². The van der Waals surface area contributed by atoms with Gasteiger partial charge in [0.15, 0.2) is 0 Å². The minimum absolute atomic E-state index is 0.105. The number of aliphatic hydroxyl groups is 2. The molecule has 0 aliphatic heterocycles. The van der Waals surface area contributed by atoms with Crippen LogP contribution in [0.3, 0.4) is 0 Å². The van der Waals surface area contributed by atoms with E-state index in [1.54, 1.807) is 0 Å². The highest BCUT2D eigenvalue weighted by Crippen LogP contribution is 2.21. The highest BCUT2D eigenvalue weighted by atomic mass is 16.5. The fourth-order valence-electron chi connectivity index (χ4n) is 2.71. The largest absolute Gasteiger partial charge is 0.465 e. The Kier molecular flexibility index (Phi) is 15.5. The molecule has 0 heterocycles. The van der Waals surface area contributed by atoms with Gasteiger partial charge in [0.05, 0.1) is 18.6 Å². The van der Waals surface area contributed by atoms with E-state index < -0.39 is 5.41 Å². The van der Waals surface area contributed by atoms with Crippen molar-refractivity contribution in [2.24, 2.45) is 5.41 Å². The molecule has 0 aromatic heterocycles. The molecule has 144 valence electrons. The van der Waals surface area contributed by atoms with Crippen LogP contribution in [-0.2, 0) is 9.53 Å². The minimum Gasteiger partial charge on any atom is -0.465 e. The van der Waals surface area contributed by atoms with Crippen LogP contribution in [0.1, 0.15) is 97.3 Å². The van der Waals surface area contributed by atoms with Crippen LogP contribution in [0.2, 0.25) is 0 Å². The third kappa shape index (κ3) is 11.9. The quantitative estimate of drug-likeness (QED) is 0.299. The number of aliphatic hydroxyl groups excluding tert-OH is 2. The molecule has 0 aliphatic rings. The highest BCUT2D eigenvalue weighted by Gasteiger charge is 2.28. The van der Waals surface area contributed by atoms with Crippen molar-refractivity contribution in [2.45, 2.75) is 97.3 Å². The molecule has 2 N–H and O–H groups in total. The van der Waals surface area contributed by atoms with Crippen LogP contribution < -0.4 is 0 Å². The van der Waals surface area contributed by atoms with Crippen molar-refractivity contribution in [1.29, 1.82) is 0 Å². The van der Waals surface area contributed by atoms with Gasteiger partial charge in [-0.2, -0.15) is 0 Å². The van der Waals surface area contributed by atoms with Crippen LogP contribution in [0.25, 0.3) is 0 Å². The van der Waals surface area contributed by atoms with Crippen LogP contribution in [0, 0.1) is 5.41 Å². The Hall–Kier alpha value is -0.610. The van der Waals surface area contributed by atoms with Gasteiger partial charge in [-0.3, -0.25) is 4.79 Å². The second-order valence-electron chi connectivity index (χ2n) is 7.12. The van der Waals surface area contributed by atoms with Gasteiger partial charge >= 0.3 is 5.97 Å². The van der Waals surface area contributed by atoms with Crippen molar-refractivity contribution in [1.82, 2.24) is 0 Å². The SMILES string of the molecule is CCCCCCCCCCCCCC(=O)OCC(CC)(CO)CO. The number of hydrogen-bond acceptors (Lipinski definition) is 4. The minimum atomic E-state index is -0.688. The zero-order chi connectivity index (χ0) is 18.1. The van der Waals surface area contributed by atoms with E-state index in [4.69, 9.17) is 4.74 Å². The molecule has 0 atom stereocenters. The lowest BCUT2D eigenvalue weighted by Crippen LogP contribution is -2.35. The van der Waals surface area contributed by atoms with Crippen LogP contribution in [0.15, 0.2) is 0 Å². The van der Waals surface area contributed by atoms with E-state index in [1.807, 2.05) is 6.92 Å². The van der Waals surface area contributed by atoms with Crippen molar-refractivity contribution in [2.75, 3.05) is 19.8 Å². The Labute approximate surface area is 149 Å². The van der Waals surface area contributed by atoms with Crippen molar-refractivity contribution in [3.63, 3.8) is 0 Å². The predicted octanol–water partition coefficient (Wildman–Crippen LogP) is 4.61. The molecule has 0 amide bonds. The fraction of sp³-hybridized carbons (Fsp3) is 0.950. The monoisotopic (exact) mass is 344 g/mol. The van der Waals surface area contributed by atoms with E-state index in [9.17, 15) is 15.0 Å². The maximum absolute atomic E-state index is 11.7. The van der Waals surface area contributed by atoms with Gasteiger partial charge < -0.3 is 14.9 Å². The number of ether oxygens (including phenoxy) is 1. The number of carbonyl (C=O) groups excluding carboxylic acids is 1. The number of rotatable bonds is 17. The molecule has 24 heavy (non-hydrogen) atoms. The van der Waals surface area contributed by atoms with E-state index in [0.29, 0.717) is 12.8 Å². The summed E-state index contributed by atoms with van der Waals surface area (Å²) in [7, 11) is 0. The molecule has 0 aliphatic carbocycles. The summed E-state index contributed by atoms with van der Waals surface area (Å²) in [6, 6.07) is 0. The summed E-state index contributed by atoms with van der Waals surface area (Å²) < 4.78 is 5.21. The molecule has 0 fully saturated rings. The van der Waals surface area contributed by atoms with Crippen LogP contribution >= 0.6 is 0 Å². The second kappa shape index (κ2) is 15.9. The summed E-state index contributed by atoms with van der Waals surface area (Å²) in [6.07, 6.45) is 14.9. The lowest BCUT2D eigenvalue weighted by molar-refractivity contribution is -0.149. The van der Waals surface area contributed by atoms with Gasteiger partial charge in [0, 0.05) is 6.42 Å². The standard InChI is InChI=1S/C20H40O4/c1-3-5-6-7-8-9-10-11-12-13-14-15-19(23)24-18-20(4-2,16-21)17-22/h21-22H,3-18H2,1-2H3. The summed E-state index contributed by atoms with van der Waals surface area (Å²) in [5, 5.41) is 18.6. The maximum Gasteiger partial charge on any atom is 0.305 e. The van der Waals surface area contributed by atoms with Gasteiger partial charge in [0.2, 0.25) is 0 Å². The first-order chi connectivity index (χ1) is 11.6. The van der Waals surface area contributed by atoms with Gasteiger partial charge in [0.25, 0.3) is 0 Å². The third-order valence-electron chi connectivity index (χ3n) is 4.94. The Balaban J connectivity index is 3.46. The van der Waals surface area contributed by atoms with E-state index in [0.717, 1.165) is 12.8 Å². The van der Waals surface area contributed by atoms with E-state index in [-0.39, 0.29) is 25.8 Å².